The maximum absolute atomic E-state index is 12.6. The molecule has 0 radical (unpaired) electrons. The third-order valence-electron chi connectivity index (χ3n) is 27.1. The molecule has 4 unspecified atom stereocenters. The second kappa shape index (κ2) is 61.8. The van der Waals surface area contributed by atoms with Crippen molar-refractivity contribution >= 4 is 23.1 Å². The molecule has 0 saturated heterocycles. The Morgan fingerprint density at radius 2 is 0.424 bits per heavy atom. The normalized spacial score (nSPS) is 16.8. The van der Waals surface area contributed by atoms with Crippen LogP contribution in [0.3, 0.4) is 0 Å². The monoisotopic (exact) mass is 1830 g/mol. The lowest BCUT2D eigenvalue weighted by molar-refractivity contribution is -0.116. The van der Waals surface area contributed by atoms with Crippen LogP contribution in [0.4, 0.5) is 0 Å². The average Bonchev–Trinajstić information content (AvgIpc) is 0.812. The summed E-state index contributed by atoms with van der Waals surface area (Å²) in [5.41, 5.74) is 33.3. The van der Waals surface area contributed by atoms with E-state index in [9.17, 15) is 60.0 Å². The number of aliphatic hydroxyl groups excluding tert-OH is 2. The summed E-state index contributed by atoms with van der Waals surface area (Å²) in [5, 5.41) is 103. The summed E-state index contributed by atoms with van der Waals surface area (Å²) in [6.07, 6.45) is 52.8. The number of benzene rings is 2. The number of aromatic hydroxyl groups is 4. The highest BCUT2D eigenvalue weighted by Crippen LogP contribution is 2.41. The highest BCUT2D eigenvalue weighted by atomic mass is 16.3. The summed E-state index contributed by atoms with van der Waals surface area (Å²) >= 11 is 0. The van der Waals surface area contributed by atoms with Crippen molar-refractivity contribution in [2.45, 2.75) is 422 Å². The highest BCUT2D eigenvalue weighted by Gasteiger charge is 2.33. The molecule has 4 atom stereocenters. The fourth-order valence-corrected chi connectivity index (χ4v) is 16.0. The summed E-state index contributed by atoms with van der Waals surface area (Å²) in [5.74, 6) is 0.738. The minimum Gasteiger partial charge on any atom is -0.507 e. The van der Waals surface area contributed by atoms with Gasteiger partial charge in [-0.05, 0) is 433 Å². The summed E-state index contributed by atoms with van der Waals surface area (Å²) in [6, 6.07) is 0. The molecule has 2 aliphatic carbocycles. The van der Waals surface area contributed by atoms with E-state index in [-0.39, 0.29) is 59.3 Å². The molecule has 0 saturated carbocycles. The number of carbonyl (C=O) groups is 4. The van der Waals surface area contributed by atoms with Gasteiger partial charge in [0.05, 0.1) is 35.6 Å². The van der Waals surface area contributed by atoms with Gasteiger partial charge in [0.15, 0.2) is 23.1 Å². The zero-order valence-corrected chi connectivity index (χ0v) is 87.6. The Morgan fingerprint density at radius 3 is 0.636 bits per heavy atom. The molecule has 2 aromatic carbocycles. The zero-order valence-electron chi connectivity index (χ0n) is 87.6. The van der Waals surface area contributed by atoms with Crippen LogP contribution < -0.4 is 11.5 Å². The van der Waals surface area contributed by atoms with Gasteiger partial charge in [-0.15, -0.1) is 0 Å². The van der Waals surface area contributed by atoms with E-state index >= 15 is 0 Å². The predicted molar refractivity (Wildman–Crippen MR) is 556 cm³/mol. The van der Waals surface area contributed by atoms with E-state index in [4.69, 9.17) is 21.7 Å². The Balaban J connectivity index is 0.000000880. The molecule has 0 aliphatic heterocycles. The largest absolute Gasteiger partial charge is 0.507 e. The number of carbonyl (C=O) groups excluding carboxylic acids is 4. The summed E-state index contributed by atoms with van der Waals surface area (Å²) in [4.78, 5) is 49.8. The minimum absolute atomic E-state index is 0.0493. The van der Waals surface area contributed by atoms with E-state index in [0.29, 0.717) is 168 Å². The zero-order chi connectivity index (χ0) is 101. The van der Waals surface area contributed by atoms with Crippen molar-refractivity contribution in [1.29, 1.82) is 0 Å². The Kier molecular flexibility index (Phi) is 57.0. The maximum Gasteiger partial charge on any atom is 0.185 e. The Hall–Kier alpha value is -8.16. The average molecular weight is 1830 g/mol. The first-order valence-electron chi connectivity index (χ1n) is 48.9. The van der Waals surface area contributed by atoms with Gasteiger partial charge in [-0.2, -0.15) is 0 Å². The molecule has 0 heterocycles. The van der Waals surface area contributed by atoms with Crippen LogP contribution in [-0.2, 0) is 32.0 Å². The fourth-order valence-electron chi connectivity index (χ4n) is 16.0. The molecule has 0 bridgehead atoms. The van der Waals surface area contributed by atoms with Crippen molar-refractivity contribution in [1.82, 2.24) is 0 Å². The summed E-state index contributed by atoms with van der Waals surface area (Å²) < 4.78 is 0. The van der Waals surface area contributed by atoms with Crippen LogP contribution in [0.15, 0.2) is 184 Å². The number of Topliss-reactive ketones (excluding diaryl/α,β-unsaturated/α-hetero) is 4. The topological polar surface area (TPSA) is 323 Å². The molecular formula is C116H182N2O14. The second-order valence-corrected chi connectivity index (χ2v) is 39.9. The van der Waals surface area contributed by atoms with Crippen molar-refractivity contribution in [2.75, 3.05) is 26.3 Å². The van der Waals surface area contributed by atoms with Crippen LogP contribution >= 0.6 is 0 Å². The lowest BCUT2D eigenvalue weighted by Gasteiger charge is -2.25. The number of phenolic OH excluding ortho intramolecular Hbond substituents is 4. The predicted octanol–water partition coefficient (Wildman–Crippen LogP) is 26.7. The fraction of sp³-hybridized carbons (Fsp3) is 0.586. The van der Waals surface area contributed by atoms with Crippen LogP contribution in [0.25, 0.3) is 0 Å². The first-order valence-corrected chi connectivity index (χ1v) is 48.9. The van der Waals surface area contributed by atoms with Crippen molar-refractivity contribution < 1.29 is 70.2 Å². The number of ketones is 4. The maximum atomic E-state index is 12.6. The van der Waals surface area contributed by atoms with Crippen molar-refractivity contribution in [2.24, 2.45) is 11.5 Å². The molecule has 4 rings (SSSR count). The van der Waals surface area contributed by atoms with Gasteiger partial charge >= 0.3 is 0 Å². The molecule has 0 aromatic heterocycles. The number of rotatable bonds is 52. The molecule has 2 aliphatic rings. The van der Waals surface area contributed by atoms with E-state index in [1.165, 1.54) is 55.7 Å². The molecule has 740 valence electrons. The molecule has 0 spiro atoms. The number of allylic oxidation sites excluding steroid dienone is 28. The third-order valence-corrected chi connectivity index (χ3v) is 27.1. The first-order chi connectivity index (χ1) is 61.6. The first kappa shape index (κ1) is 122. The van der Waals surface area contributed by atoms with Gasteiger partial charge in [0.25, 0.3) is 0 Å². The molecular weight excluding hydrogens is 1650 g/mol. The van der Waals surface area contributed by atoms with Gasteiger partial charge in [-0.3, -0.25) is 19.2 Å². The Labute approximate surface area is 800 Å². The number of phenols is 4. The van der Waals surface area contributed by atoms with E-state index in [2.05, 4.69) is 142 Å². The standard InChI is InChI=1S/C29H47NO3.C29H45NO3.C29H46O4.C29H44O4/c4*1-20(13-9-14-22(3)19-30)11-8-12-21(2)15-10-17-29(7,33)18-16-26-25(6)27(31)23(4)24(5)28(26)32/h11,14-15,31-33H,8-10,12-13,16-19,30H2,1-7H3;11,14-15,33H,8-10,12-13,16-19,30H2,1-7H3;11,14-15,30-33H,8-10,12-13,16-19H2,1-7H3;11,14-15,30,33H,8-10,12-13,16-19H2,1-7H3/b4*20-11+,21-15+,22-14+. The summed E-state index contributed by atoms with van der Waals surface area (Å²) in [7, 11) is 0. The van der Waals surface area contributed by atoms with Gasteiger partial charge in [0, 0.05) is 68.8 Å². The summed E-state index contributed by atoms with van der Waals surface area (Å²) in [6.45, 7) is 55.3. The number of hydrogen-bond acceptors (Lipinski definition) is 16. The highest BCUT2D eigenvalue weighted by molar-refractivity contribution is 6.25. The van der Waals surface area contributed by atoms with Crippen molar-refractivity contribution in [3.63, 3.8) is 0 Å². The number of aliphatic hydroxyl groups is 6. The van der Waals surface area contributed by atoms with Crippen LogP contribution in [0.1, 0.15) is 389 Å². The second-order valence-electron chi connectivity index (χ2n) is 39.9. The van der Waals surface area contributed by atoms with Crippen molar-refractivity contribution in [3.05, 3.63) is 229 Å². The Bertz CT molecular complexity index is 4320. The van der Waals surface area contributed by atoms with Crippen LogP contribution in [0.5, 0.6) is 23.0 Å². The molecule has 0 amide bonds. The lowest BCUT2D eigenvalue weighted by Crippen LogP contribution is -2.26. The molecule has 0 fully saturated rings. The van der Waals surface area contributed by atoms with Gasteiger partial charge in [0.1, 0.15) is 23.0 Å². The SMILES string of the molecule is C/C(=C\CC/C(C)=C/CC/C(C)=C/CCC(C)(O)CCc1c(C)c(O)c(C)c(C)c1O)CN.C/C(=C\CC/C(C)=C/CC/C(C)=C/CCC(C)(O)CCc1c(C)c(O)c(C)c(C)c1O)CO.CC1=C(C)C(=O)C(CCC(C)(O)CC/C=C(\C)CC/C=C(\C)CC/C=C(\C)CN)=C(C)C1=O.CC1=C(C)C(=O)C(CCC(C)(O)CC/C=C(\C)CC/C=C(\C)CC/C=C(\C)CO)=C(C)C1=O. The molecule has 14 N–H and O–H groups in total. The van der Waals surface area contributed by atoms with Gasteiger partial charge < -0.3 is 62.5 Å². The quantitative estimate of drug-likeness (QED) is 0.0166. The van der Waals surface area contributed by atoms with Crippen LogP contribution in [-0.4, -0.2) is 123 Å². The van der Waals surface area contributed by atoms with E-state index in [1.54, 1.807) is 48.5 Å². The number of nitrogens with two attached hydrogens (primary N) is 2. The molecule has 16 nitrogen and oxygen atoms in total. The lowest BCUT2D eigenvalue weighted by atomic mass is 9.82. The third kappa shape index (κ3) is 46.4. The van der Waals surface area contributed by atoms with Crippen molar-refractivity contribution in [3.8, 4) is 23.0 Å². The van der Waals surface area contributed by atoms with Crippen LogP contribution in [0, 0.1) is 41.5 Å². The van der Waals surface area contributed by atoms with Crippen LogP contribution in [0.2, 0.25) is 0 Å². The van der Waals surface area contributed by atoms with E-state index in [0.717, 1.165) is 151 Å². The van der Waals surface area contributed by atoms with Gasteiger partial charge in [0.2, 0.25) is 0 Å². The van der Waals surface area contributed by atoms with E-state index in [1.807, 2.05) is 76.2 Å². The Morgan fingerprint density at radius 1 is 0.242 bits per heavy atom. The number of hydrogen-bond donors (Lipinski definition) is 12. The smallest absolute Gasteiger partial charge is 0.185 e. The van der Waals surface area contributed by atoms with Gasteiger partial charge in [-0.25, -0.2) is 0 Å². The van der Waals surface area contributed by atoms with Gasteiger partial charge in [-0.1, -0.05) is 140 Å². The minimum atomic E-state index is -0.881. The molecule has 132 heavy (non-hydrogen) atoms. The molecule has 16 heteroatoms. The molecule has 2 aromatic rings. The van der Waals surface area contributed by atoms with E-state index < -0.39 is 22.4 Å².